The molecule has 6 nitrogen and oxygen atoms in total. The summed E-state index contributed by atoms with van der Waals surface area (Å²) in [6.07, 6.45) is 12.0. The maximum absolute atomic E-state index is 4.37. The highest BCUT2D eigenvalue weighted by Gasteiger charge is 2.26. The lowest BCUT2D eigenvalue weighted by atomic mass is 10.0. The quantitative estimate of drug-likeness (QED) is 0.703. The number of anilines is 1. The van der Waals surface area contributed by atoms with E-state index >= 15 is 0 Å². The summed E-state index contributed by atoms with van der Waals surface area (Å²) in [6, 6.07) is 2.08. The van der Waals surface area contributed by atoms with Crippen molar-refractivity contribution in [1.29, 1.82) is 0 Å². The lowest BCUT2D eigenvalue weighted by Gasteiger charge is -2.17. The van der Waals surface area contributed by atoms with Gasteiger partial charge in [-0.1, -0.05) is 0 Å². The van der Waals surface area contributed by atoms with E-state index < -0.39 is 0 Å². The van der Waals surface area contributed by atoms with Crippen LogP contribution in [0.5, 0.6) is 0 Å². The van der Waals surface area contributed by atoms with Crippen LogP contribution in [0.4, 0.5) is 5.82 Å². The van der Waals surface area contributed by atoms with Crippen molar-refractivity contribution >= 4 is 11.6 Å². The van der Waals surface area contributed by atoms with Gasteiger partial charge < -0.3 is 4.90 Å². The second kappa shape index (κ2) is 4.56. The van der Waals surface area contributed by atoms with Gasteiger partial charge in [0.1, 0.15) is 5.82 Å². The molecule has 1 aliphatic rings. The van der Waals surface area contributed by atoms with E-state index in [2.05, 4.69) is 35.3 Å². The number of nitrogens with zero attached hydrogens (tertiary/aromatic N) is 6. The van der Waals surface area contributed by atoms with Crippen LogP contribution >= 0.6 is 0 Å². The second-order valence-corrected chi connectivity index (χ2v) is 4.96. The van der Waals surface area contributed by atoms with Gasteiger partial charge >= 0.3 is 0 Å². The third-order valence-electron chi connectivity index (χ3n) is 3.81. The molecule has 3 aromatic rings. The third kappa shape index (κ3) is 1.80. The van der Waals surface area contributed by atoms with Crippen LogP contribution < -0.4 is 4.90 Å². The summed E-state index contributed by atoms with van der Waals surface area (Å²) < 4.78 is 2.07. The largest absolute Gasteiger partial charge is 0.355 e. The molecule has 1 aliphatic heterocycles. The summed E-state index contributed by atoms with van der Waals surface area (Å²) in [6.45, 7) is 1.96. The Balaban J connectivity index is 1.64. The number of imidazole rings is 1. The summed E-state index contributed by atoms with van der Waals surface area (Å²) in [5.74, 6) is 2.18. The van der Waals surface area contributed by atoms with Crippen LogP contribution in [-0.4, -0.2) is 37.4 Å². The molecule has 0 bridgehead atoms. The van der Waals surface area contributed by atoms with Crippen molar-refractivity contribution in [2.24, 2.45) is 0 Å². The van der Waals surface area contributed by atoms with E-state index in [-0.39, 0.29) is 0 Å². The van der Waals surface area contributed by atoms with Gasteiger partial charge in [0.05, 0.1) is 6.20 Å². The van der Waals surface area contributed by atoms with Crippen molar-refractivity contribution in [3.63, 3.8) is 0 Å². The first-order chi connectivity index (χ1) is 9.92. The average Bonchev–Trinajstić information content (AvgIpc) is 3.17. The van der Waals surface area contributed by atoms with Crippen LogP contribution in [0, 0.1) is 0 Å². The normalized spacial score (nSPS) is 18.8. The molecule has 100 valence electrons. The molecule has 6 heteroatoms. The standard InChI is InChI=1S/C14H14N6/c1-3-17-14-18-6-8-20(14)12(1)11-2-7-19(10-11)13-9-15-4-5-16-13/h1,3-6,8-9,11H,2,7,10H2. The first-order valence-electron chi connectivity index (χ1n) is 6.71. The van der Waals surface area contributed by atoms with Gasteiger partial charge in [-0.15, -0.1) is 0 Å². The number of fused-ring (bicyclic) bond motifs is 1. The molecule has 0 amide bonds. The topological polar surface area (TPSA) is 59.2 Å². The smallest absolute Gasteiger partial charge is 0.233 e. The molecule has 1 unspecified atom stereocenters. The van der Waals surface area contributed by atoms with Gasteiger partial charge in [-0.3, -0.25) is 9.38 Å². The number of hydrogen-bond acceptors (Lipinski definition) is 5. The van der Waals surface area contributed by atoms with E-state index in [1.54, 1.807) is 18.6 Å². The predicted octanol–water partition coefficient (Wildman–Crippen LogP) is 1.51. The fraction of sp³-hybridized carbons (Fsp3) is 0.286. The molecular formula is C14H14N6. The average molecular weight is 266 g/mol. The van der Waals surface area contributed by atoms with Crippen LogP contribution in [0.3, 0.4) is 0 Å². The minimum absolute atomic E-state index is 0.469. The molecule has 0 N–H and O–H groups in total. The Hall–Kier alpha value is -2.50. The summed E-state index contributed by atoms with van der Waals surface area (Å²) in [5.41, 5.74) is 1.26. The monoisotopic (exact) mass is 266 g/mol. The van der Waals surface area contributed by atoms with Crippen molar-refractivity contribution in [2.45, 2.75) is 12.3 Å². The first kappa shape index (κ1) is 11.3. The fourth-order valence-corrected chi connectivity index (χ4v) is 2.85. The van der Waals surface area contributed by atoms with E-state index in [0.717, 1.165) is 31.1 Å². The summed E-state index contributed by atoms with van der Waals surface area (Å²) in [5, 5.41) is 0. The maximum atomic E-state index is 4.37. The van der Waals surface area contributed by atoms with E-state index in [1.807, 2.05) is 18.6 Å². The molecule has 20 heavy (non-hydrogen) atoms. The lowest BCUT2D eigenvalue weighted by molar-refractivity contribution is 0.725. The van der Waals surface area contributed by atoms with Gasteiger partial charge in [0, 0.05) is 55.7 Å². The molecule has 4 rings (SSSR count). The Morgan fingerprint density at radius 1 is 1.05 bits per heavy atom. The van der Waals surface area contributed by atoms with Crippen LogP contribution in [-0.2, 0) is 0 Å². The number of hydrogen-bond donors (Lipinski definition) is 0. The Kier molecular flexibility index (Phi) is 2.58. The van der Waals surface area contributed by atoms with Gasteiger partial charge in [0.15, 0.2) is 0 Å². The van der Waals surface area contributed by atoms with Gasteiger partial charge in [-0.25, -0.2) is 15.0 Å². The highest BCUT2D eigenvalue weighted by molar-refractivity contribution is 5.39. The summed E-state index contributed by atoms with van der Waals surface area (Å²) in [4.78, 5) is 19.3. The van der Waals surface area contributed by atoms with Crippen molar-refractivity contribution in [3.8, 4) is 0 Å². The zero-order chi connectivity index (χ0) is 13.4. The molecule has 4 heterocycles. The fourth-order valence-electron chi connectivity index (χ4n) is 2.85. The maximum Gasteiger partial charge on any atom is 0.233 e. The van der Waals surface area contributed by atoms with Crippen molar-refractivity contribution in [2.75, 3.05) is 18.0 Å². The first-order valence-corrected chi connectivity index (χ1v) is 6.71. The molecule has 0 aliphatic carbocycles. The van der Waals surface area contributed by atoms with E-state index in [0.29, 0.717) is 5.92 Å². The van der Waals surface area contributed by atoms with Crippen molar-refractivity contribution < 1.29 is 0 Å². The third-order valence-corrected chi connectivity index (χ3v) is 3.81. The molecule has 1 fully saturated rings. The number of rotatable bonds is 2. The number of aromatic nitrogens is 5. The molecule has 0 spiro atoms. The van der Waals surface area contributed by atoms with E-state index in [1.165, 1.54) is 5.69 Å². The van der Waals surface area contributed by atoms with Gasteiger partial charge in [-0.05, 0) is 12.5 Å². The predicted molar refractivity (Wildman–Crippen MR) is 74.6 cm³/mol. The molecule has 0 saturated carbocycles. The van der Waals surface area contributed by atoms with Gasteiger partial charge in [-0.2, -0.15) is 0 Å². The minimum Gasteiger partial charge on any atom is -0.355 e. The van der Waals surface area contributed by atoms with E-state index in [9.17, 15) is 0 Å². The van der Waals surface area contributed by atoms with Crippen molar-refractivity contribution in [3.05, 3.63) is 48.9 Å². The highest BCUT2D eigenvalue weighted by atomic mass is 15.2. The van der Waals surface area contributed by atoms with E-state index in [4.69, 9.17) is 0 Å². The Labute approximate surface area is 116 Å². The van der Waals surface area contributed by atoms with Gasteiger partial charge in [0.2, 0.25) is 5.78 Å². The zero-order valence-electron chi connectivity index (χ0n) is 10.9. The molecule has 0 aromatic carbocycles. The highest BCUT2D eigenvalue weighted by Crippen LogP contribution is 2.29. The molecule has 1 atom stereocenters. The Bertz CT molecular complexity index is 723. The Morgan fingerprint density at radius 2 is 2.00 bits per heavy atom. The van der Waals surface area contributed by atoms with Crippen LogP contribution in [0.15, 0.2) is 43.2 Å². The molecular weight excluding hydrogens is 252 g/mol. The van der Waals surface area contributed by atoms with Gasteiger partial charge in [0.25, 0.3) is 0 Å². The minimum atomic E-state index is 0.469. The second-order valence-electron chi connectivity index (χ2n) is 4.96. The van der Waals surface area contributed by atoms with Crippen LogP contribution in [0.25, 0.3) is 5.78 Å². The molecule has 0 radical (unpaired) electrons. The molecule has 1 saturated heterocycles. The van der Waals surface area contributed by atoms with Crippen molar-refractivity contribution in [1.82, 2.24) is 24.3 Å². The Morgan fingerprint density at radius 3 is 2.90 bits per heavy atom. The summed E-state index contributed by atoms with van der Waals surface area (Å²) in [7, 11) is 0. The SMILES string of the molecule is c1cnc(N2CCC(c3ccnc4nccn34)C2)cn1. The summed E-state index contributed by atoms with van der Waals surface area (Å²) >= 11 is 0. The molecule has 3 aromatic heterocycles. The van der Waals surface area contributed by atoms with Crippen LogP contribution in [0.1, 0.15) is 18.0 Å². The zero-order valence-corrected chi connectivity index (χ0v) is 10.9. The van der Waals surface area contributed by atoms with Crippen LogP contribution in [0.2, 0.25) is 0 Å². The lowest BCUT2D eigenvalue weighted by Crippen LogP contribution is -2.20.